The minimum atomic E-state index is -1.33. The van der Waals surface area contributed by atoms with E-state index >= 15 is 0 Å². The third-order valence-corrected chi connectivity index (χ3v) is 2.57. The first kappa shape index (κ1) is 7.25. The number of thioether (sulfide) groups is 1. The minimum Gasteiger partial charge on any atom is -0.251 e. The molecule has 1 rings (SSSR count). The molecule has 9 heavy (non-hydrogen) atoms. The van der Waals surface area contributed by atoms with E-state index in [2.05, 4.69) is 0 Å². The van der Waals surface area contributed by atoms with Crippen LogP contribution in [-0.4, -0.2) is 24.1 Å². The summed E-state index contributed by atoms with van der Waals surface area (Å²) in [5, 5.41) is 0. The Morgan fingerprint density at radius 1 is 1.44 bits per heavy atom. The molecule has 0 aliphatic carbocycles. The Balaban J connectivity index is 2.44. The first-order valence-corrected chi connectivity index (χ1v) is 3.76. The van der Waals surface area contributed by atoms with Gasteiger partial charge in [0.2, 0.25) is 0 Å². The number of hydrogen-bond donors (Lipinski definition) is 0. The predicted molar refractivity (Wildman–Crippen MR) is 31.7 cm³/mol. The van der Waals surface area contributed by atoms with Gasteiger partial charge in [0, 0.05) is 5.75 Å². The molecule has 0 aromatic carbocycles. The molecule has 1 fully saturated rings. The maximum Gasteiger partial charge on any atom is 0.154 e. The highest BCUT2D eigenvalue weighted by Gasteiger charge is 2.37. The van der Waals surface area contributed by atoms with Crippen molar-refractivity contribution in [3.8, 4) is 0 Å². The molecule has 1 heterocycles. The molecule has 0 radical (unpaired) electrons. The van der Waals surface area contributed by atoms with Crippen LogP contribution in [0.5, 0.6) is 0 Å². The quantitative estimate of drug-likeness (QED) is 0.559. The SMILES string of the molecule is FCC1C(F)CSC1F. The lowest BCUT2D eigenvalue weighted by Gasteiger charge is -2.07. The van der Waals surface area contributed by atoms with Crippen LogP contribution < -0.4 is 0 Å². The van der Waals surface area contributed by atoms with E-state index in [1.54, 1.807) is 0 Å². The van der Waals surface area contributed by atoms with Crippen LogP contribution in [0.4, 0.5) is 13.2 Å². The van der Waals surface area contributed by atoms with E-state index in [-0.39, 0.29) is 5.75 Å². The summed E-state index contributed by atoms with van der Waals surface area (Å²) in [6.45, 7) is -0.880. The molecule has 1 aliphatic heterocycles. The Kier molecular flexibility index (Phi) is 2.27. The van der Waals surface area contributed by atoms with E-state index in [9.17, 15) is 13.2 Å². The topological polar surface area (TPSA) is 0 Å². The lowest BCUT2D eigenvalue weighted by Crippen LogP contribution is -2.18. The average molecular weight is 156 g/mol. The third-order valence-electron chi connectivity index (χ3n) is 1.39. The largest absolute Gasteiger partial charge is 0.251 e. The molecule has 0 amide bonds. The molecule has 0 N–H and O–H groups in total. The smallest absolute Gasteiger partial charge is 0.154 e. The van der Waals surface area contributed by atoms with E-state index in [1.807, 2.05) is 0 Å². The lowest BCUT2D eigenvalue weighted by atomic mass is 10.1. The summed E-state index contributed by atoms with van der Waals surface area (Å²) in [6.07, 6.45) is -1.28. The number of rotatable bonds is 1. The van der Waals surface area contributed by atoms with E-state index in [0.717, 1.165) is 11.8 Å². The molecular weight excluding hydrogens is 149 g/mol. The van der Waals surface area contributed by atoms with Crippen molar-refractivity contribution < 1.29 is 13.2 Å². The van der Waals surface area contributed by atoms with Crippen LogP contribution in [0, 0.1) is 5.92 Å². The molecule has 0 aromatic heterocycles. The van der Waals surface area contributed by atoms with Gasteiger partial charge >= 0.3 is 0 Å². The van der Waals surface area contributed by atoms with Gasteiger partial charge in [-0.25, -0.2) is 8.78 Å². The zero-order valence-corrected chi connectivity index (χ0v) is 5.50. The second-order valence-electron chi connectivity index (χ2n) is 2.02. The first-order valence-electron chi connectivity index (χ1n) is 2.71. The van der Waals surface area contributed by atoms with Gasteiger partial charge in [0.25, 0.3) is 0 Å². The van der Waals surface area contributed by atoms with Crippen LogP contribution in [0.25, 0.3) is 0 Å². The zero-order valence-electron chi connectivity index (χ0n) is 4.69. The van der Waals surface area contributed by atoms with Crippen molar-refractivity contribution in [3.63, 3.8) is 0 Å². The normalized spacial score (nSPS) is 43.7. The summed E-state index contributed by atoms with van der Waals surface area (Å²) in [7, 11) is 0. The van der Waals surface area contributed by atoms with E-state index < -0.39 is 24.3 Å². The Morgan fingerprint density at radius 3 is 2.33 bits per heavy atom. The van der Waals surface area contributed by atoms with Gasteiger partial charge < -0.3 is 0 Å². The highest BCUT2D eigenvalue weighted by Crippen LogP contribution is 2.35. The van der Waals surface area contributed by atoms with Crippen LogP contribution in [0.15, 0.2) is 0 Å². The Hall–Kier alpha value is 0.140. The molecule has 0 saturated carbocycles. The molecule has 0 aromatic rings. The summed E-state index contributed by atoms with van der Waals surface area (Å²) in [5.74, 6) is -0.898. The minimum absolute atomic E-state index is 0.107. The van der Waals surface area contributed by atoms with E-state index in [1.165, 1.54) is 0 Å². The van der Waals surface area contributed by atoms with Crippen molar-refractivity contribution in [1.29, 1.82) is 0 Å². The fourth-order valence-corrected chi connectivity index (χ4v) is 1.87. The fraction of sp³-hybridized carbons (Fsp3) is 1.00. The molecule has 0 bridgehead atoms. The molecule has 1 aliphatic rings. The maximum atomic E-state index is 12.3. The lowest BCUT2D eigenvalue weighted by molar-refractivity contribution is 0.175. The Labute approximate surface area is 55.8 Å². The van der Waals surface area contributed by atoms with Gasteiger partial charge in [-0.05, 0) is 0 Å². The second-order valence-corrected chi connectivity index (χ2v) is 3.14. The summed E-state index contributed by atoms with van der Waals surface area (Å²) in [6, 6.07) is 0. The second kappa shape index (κ2) is 2.82. The van der Waals surface area contributed by atoms with Gasteiger partial charge in [-0.1, -0.05) is 0 Å². The molecule has 3 unspecified atom stereocenters. The third kappa shape index (κ3) is 1.34. The van der Waals surface area contributed by atoms with Gasteiger partial charge in [0.15, 0.2) is 5.50 Å². The Morgan fingerprint density at radius 2 is 2.11 bits per heavy atom. The molecular formula is C5H7F3S. The van der Waals surface area contributed by atoms with Crippen molar-refractivity contribution in [3.05, 3.63) is 0 Å². The van der Waals surface area contributed by atoms with Crippen LogP contribution >= 0.6 is 11.8 Å². The van der Waals surface area contributed by atoms with Crippen LogP contribution in [0.1, 0.15) is 0 Å². The van der Waals surface area contributed by atoms with Gasteiger partial charge in [-0.2, -0.15) is 0 Å². The fourth-order valence-electron chi connectivity index (χ4n) is 0.762. The molecule has 4 heteroatoms. The summed E-state index contributed by atoms with van der Waals surface area (Å²) in [4.78, 5) is 0. The van der Waals surface area contributed by atoms with Crippen molar-refractivity contribution in [2.24, 2.45) is 5.92 Å². The summed E-state index contributed by atoms with van der Waals surface area (Å²) < 4.78 is 36.4. The molecule has 3 atom stereocenters. The van der Waals surface area contributed by atoms with Gasteiger partial charge in [0.1, 0.15) is 6.17 Å². The van der Waals surface area contributed by atoms with Gasteiger partial charge in [-0.3, -0.25) is 4.39 Å². The monoisotopic (exact) mass is 156 g/mol. The zero-order chi connectivity index (χ0) is 6.85. The standard InChI is InChI=1S/C5H7F3S/c6-1-3-4(7)2-9-5(3)8/h3-5H,1-2H2. The number of halogens is 3. The van der Waals surface area contributed by atoms with Crippen LogP contribution in [0.3, 0.4) is 0 Å². The van der Waals surface area contributed by atoms with Crippen LogP contribution in [-0.2, 0) is 0 Å². The molecule has 1 saturated heterocycles. The van der Waals surface area contributed by atoms with E-state index in [4.69, 9.17) is 0 Å². The highest BCUT2D eigenvalue weighted by atomic mass is 32.2. The highest BCUT2D eigenvalue weighted by molar-refractivity contribution is 8.00. The first-order chi connectivity index (χ1) is 4.25. The van der Waals surface area contributed by atoms with Crippen molar-refractivity contribution >= 4 is 11.8 Å². The molecule has 0 nitrogen and oxygen atoms in total. The average Bonchev–Trinajstić information content (AvgIpc) is 2.12. The molecule has 54 valence electrons. The maximum absolute atomic E-state index is 12.3. The number of hydrogen-bond acceptors (Lipinski definition) is 1. The van der Waals surface area contributed by atoms with Crippen molar-refractivity contribution in [2.45, 2.75) is 11.7 Å². The van der Waals surface area contributed by atoms with Gasteiger partial charge in [-0.15, -0.1) is 11.8 Å². The summed E-state index contributed by atoms with van der Waals surface area (Å²) >= 11 is 0.856. The van der Waals surface area contributed by atoms with Crippen molar-refractivity contribution in [2.75, 3.05) is 12.4 Å². The molecule has 0 spiro atoms. The Bertz CT molecular complexity index is 88.2. The van der Waals surface area contributed by atoms with Crippen LogP contribution in [0.2, 0.25) is 0 Å². The van der Waals surface area contributed by atoms with E-state index in [0.29, 0.717) is 0 Å². The van der Waals surface area contributed by atoms with Gasteiger partial charge in [0.05, 0.1) is 12.6 Å². The number of alkyl halides is 3. The summed E-state index contributed by atoms with van der Waals surface area (Å²) in [5.41, 5.74) is -1.33. The predicted octanol–water partition coefficient (Wildman–Crippen LogP) is 1.95. The van der Waals surface area contributed by atoms with Crippen molar-refractivity contribution in [1.82, 2.24) is 0 Å².